The molecule has 2 aromatic rings. The molecule has 2 rings (SSSR count). The Kier molecular flexibility index (Phi) is 3.68. The smallest absolute Gasteiger partial charge is 0.416 e. The predicted octanol–water partition coefficient (Wildman–Crippen LogP) is 1.53. The summed E-state index contributed by atoms with van der Waals surface area (Å²) < 4.78 is 42.2. The highest BCUT2D eigenvalue weighted by molar-refractivity contribution is 5.68. The number of ether oxygens (including phenoxy) is 1. The zero-order chi connectivity index (χ0) is 14.8. The van der Waals surface area contributed by atoms with Crippen LogP contribution in [-0.2, 0) is 22.3 Å². The van der Waals surface area contributed by atoms with E-state index in [-0.39, 0.29) is 17.9 Å². The van der Waals surface area contributed by atoms with E-state index in [9.17, 15) is 18.0 Å². The largest absolute Gasteiger partial charge is 0.468 e. The molecule has 0 N–H and O–H groups in total. The van der Waals surface area contributed by atoms with E-state index in [2.05, 4.69) is 20.1 Å². The average molecular weight is 286 g/mol. The Morgan fingerprint density at radius 3 is 2.80 bits per heavy atom. The van der Waals surface area contributed by atoms with E-state index in [1.807, 2.05) is 0 Å². The number of tetrazole rings is 1. The Morgan fingerprint density at radius 2 is 2.15 bits per heavy atom. The van der Waals surface area contributed by atoms with E-state index in [1.165, 1.54) is 19.2 Å². The van der Waals surface area contributed by atoms with Gasteiger partial charge in [-0.1, -0.05) is 12.1 Å². The topological polar surface area (TPSA) is 69.9 Å². The molecule has 1 aromatic heterocycles. The van der Waals surface area contributed by atoms with Gasteiger partial charge in [-0.3, -0.25) is 0 Å². The van der Waals surface area contributed by atoms with Crippen LogP contribution in [0, 0.1) is 0 Å². The van der Waals surface area contributed by atoms with Gasteiger partial charge in [0, 0.05) is 5.56 Å². The van der Waals surface area contributed by atoms with Crippen molar-refractivity contribution in [3.05, 3.63) is 29.8 Å². The van der Waals surface area contributed by atoms with Gasteiger partial charge < -0.3 is 4.74 Å². The van der Waals surface area contributed by atoms with Gasteiger partial charge in [-0.05, 0) is 17.3 Å². The first-order chi connectivity index (χ1) is 9.40. The fourth-order valence-corrected chi connectivity index (χ4v) is 1.44. The molecule has 0 atom stereocenters. The Hall–Kier alpha value is -2.45. The van der Waals surface area contributed by atoms with Gasteiger partial charge in [0.15, 0.2) is 6.54 Å². The van der Waals surface area contributed by atoms with Crippen LogP contribution in [0.4, 0.5) is 13.2 Å². The van der Waals surface area contributed by atoms with Crippen LogP contribution in [0.25, 0.3) is 11.4 Å². The first kappa shape index (κ1) is 14.0. The molecule has 0 unspecified atom stereocenters. The maximum absolute atomic E-state index is 12.6. The number of nitrogens with zero attached hydrogens (tertiary/aromatic N) is 4. The summed E-state index contributed by atoms with van der Waals surface area (Å²) in [4.78, 5) is 12.0. The number of carbonyl (C=O) groups excluding carboxylic acids is 1. The average Bonchev–Trinajstić information content (AvgIpc) is 2.86. The van der Waals surface area contributed by atoms with Crippen molar-refractivity contribution < 1.29 is 22.7 Å². The minimum absolute atomic E-state index is 0.00000283. The zero-order valence-electron chi connectivity index (χ0n) is 10.3. The lowest BCUT2D eigenvalue weighted by Crippen LogP contribution is -2.14. The van der Waals surface area contributed by atoms with Crippen molar-refractivity contribution >= 4 is 5.97 Å². The molecular formula is C11H9F3N4O2. The molecule has 1 aromatic carbocycles. The van der Waals surface area contributed by atoms with Crippen molar-refractivity contribution in [2.24, 2.45) is 0 Å². The summed E-state index contributed by atoms with van der Waals surface area (Å²) in [7, 11) is 1.20. The maximum atomic E-state index is 12.6. The molecule has 0 aliphatic heterocycles. The van der Waals surface area contributed by atoms with E-state index in [1.54, 1.807) is 0 Å². The lowest BCUT2D eigenvalue weighted by Gasteiger charge is -2.06. The van der Waals surface area contributed by atoms with Crippen LogP contribution >= 0.6 is 0 Å². The van der Waals surface area contributed by atoms with Gasteiger partial charge >= 0.3 is 12.1 Å². The molecule has 0 fully saturated rings. The third-order valence-corrected chi connectivity index (χ3v) is 2.40. The molecule has 9 heteroatoms. The van der Waals surface area contributed by atoms with Gasteiger partial charge in [0.1, 0.15) is 0 Å². The van der Waals surface area contributed by atoms with Crippen LogP contribution in [-0.4, -0.2) is 33.3 Å². The summed E-state index contributed by atoms with van der Waals surface area (Å²) >= 11 is 0. The second-order valence-corrected chi connectivity index (χ2v) is 3.80. The number of hydrogen-bond donors (Lipinski definition) is 0. The number of alkyl halides is 3. The summed E-state index contributed by atoms with van der Waals surface area (Å²) in [5, 5.41) is 11.0. The minimum Gasteiger partial charge on any atom is -0.468 e. The first-order valence-corrected chi connectivity index (χ1v) is 5.42. The van der Waals surface area contributed by atoms with Crippen LogP contribution in [0.15, 0.2) is 24.3 Å². The normalized spacial score (nSPS) is 11.4. The van der Waals surface area contributed by atoms with Crippen LogP contribution in [0.5, 0.6) is 0 Å². The van der Waals surface area contributed by atoms with Crippen molar-refractivity contribution in [1.82, 2.24) is 20.2 Å². The van der Waals surface area contributed by atoms with Gasteiger partial charge in [-0.15, -0.1) is 10.2 Å². The summed E-state index contributed by atoms with van der Waals surface area (Å²) in [5.41, 5.74) is -0.643. The maximum Gasteiger partial charge on any atom is 0.416 e. The van der Waals surface area contributed by atoms with Crippen LogP contribution in [0.1, 0.15) is 5.56 Å². The molecule has 6 nitrogen and oxygen atoms in total. The van der Waals surface area contributed by atoms with Crippen molar-refractivity contribution in [3.63, 3.8) is 0 Å². The zero-order valence-corrected chi connectivity index (χ0v) is 10.3. The number of benzene rings is 1. The minimum atomic E-state index is -4.45. The van der Waals surface area contributed by atoms with E-state index in [4.69, 9.17) is 0 Å². The first-order valence-electron chi connectivity index (χ1n) is 5.42. The van der Waals surface area contributed by atoms with E-state index in [0.29, 0.717) is 0 Å². The highest BCUT2D eigenvalue weighted by atomic mass is 19.4. The molecule has 0 bridgehead atoms. The third-order valence-electron chi connectivity index (χ3n) is 2.40. The van der Waals surface area contributed by atoms with E-state index >= 15 is 0 Å². The van der Waals surface area contributed by atoms with Crippen LogP contribution < -0.4 is 0 Å². The summed E-state index contributed by atoms with van der Waals surface area (Å²) in [6.45, 7) is -0.261. The molecule has 0 saturated heterocycles. The summed E-state index contributed by atoms with van der Waals surface area (Å²) in [5.74, 6) is -0.585. The van der Waals surface area contributed by atoms with Gasteiger partial charge in [0.25, 0.3) is 0 Å². The summed E-state index contributed by atoms with van der Waals surface area (Å²) in [6.07, 6.45) is -4.45. The van der Waals surface area contributed by atoms with Crippen molar-refractivity contribution in [3.8, 4) is 11.4 Å². The molecule has 0 spiro atoms. The number of aromatic nitrogens is 4. The highest BCUT2D eigenvalue weighted by Gasteiger charge is 2.30. The second-order valence-electron chi connectivity index (χ2n) is 3.80. The van der Waals surface area contributed by atoms with Gasteiger partial charge in [-0.2, -0.15) is 18.0 Å². The fourth-order valence-electron chi connectivity index (χ4n) is 1.44. The van der Waals surface area contributed by atoms with Crippen LogP contribution in [0.3, 0.4) is 0 Å². The number of halogens is 3. The van der Waals surface area contributed by atoms with E-state index in [0.717, 1.165) is 16.9 Å². The predicted molar refractivity (Wildman–Crippen MR) is 60.3 cm³/mol. The lowest BCUT2D eigenvalue weighted by atomic mass is 10.1. The molecule has 0 aliphatic rings. The fraction of sp³-hybridized carbons (Fsp3) is 0.273. The number of hydrogen-bond acceptors (Lipinski definition) is 5. The molecular weight excluding hydrogens is 277 g/mol. The number of carbonyl (C=O) groups is 1. The number of methoxy groups -OCH3 is 1. The Morgan fingerprint density at radius 1 is 1.40 bits per heavy atom. The van der Waals surface area contributed by atoms with Crippen molar-refractivity contribution in [2.75, 3.05) is 7.11 Å². The molecule has 1 heterocycles. The molecule has 0 saturated carbocycles. The van der Waals surface area contributed by atoms with Gasteiger partial charge in [0.05, 0.1) is 12.7 Å². The standard InChI is InChI=1S/C11H9F3N4O2/c1-20-9(19)6-18-16-10(15-17-18)7-3-2-4-8(5-7)11(12,13)14/h2-5H,6H2,1H3. The van der Waals surface area contributed by atoms with E-state index < -0.39 is 17.7 Å². The Bertz CT molecular complexity index is 624. The van der Waals surface area contributed by atoms with Crippen LogP contribution in [0.2, 0.25) is 0 Å². The molecule has 0 aliphatic carbocycles. The Labute approximate surface area is 111 Å². The molecule has 0 radical (unpaired) electrons. The molecule has 20 heavy (non-hydrogen) atoms. The third kappa shape index (κ3) is 3.11. The molecule has 0 amide bonds. The number of esters is 1. The Balaban J connectivity index is 2.26. The summed E-state index contributed by atoms with van der Waals surface area (Å²) in [6, 6.07) is 4.54. The lowest BCUT2D eigenvalue weighted by molar-refractivity contribution is -0.141. The van der Waals surface area contributed by atoms with Crippen molar-refractivity contribution in [2.45, 2.75) is 12.7 Å². The second kappa shape index (κ2) is 5.27. The molecule has 106 valence electrons. The number of rotatable bonds is 3. The van der Waals surface area contributed by atoms with Gasteiger partial charge in [-0.25, -0.2) is 4.79 Å². The van der Waals surface area contributed by atoms with Gasteiger partial charge in [0.2, 0.25) is 5.82 Å². The monoisotopic (exact) mass is 286 g/mol. The quantitative estimate of drug-likeness (QED) is 0.800. The SMILES string of the molecule is COC(=O)Cn1nnc(-c2cccc(C(F)(F)F)c2)n1. The van der Waals surface area contributed by atoms with Crippen molar-refractivity contribution in [1.29, 1.82) is 0 Å². The highest BCUT2D eigenvalue weighted by Crippen LogP contribution is 2.31.